The number of ether oxygens (including phenoxy) is 1. The van der Waals surface area contributed by atoms with Gasteiger partial charge in [-0.25, -0.2) is 4.18 Å². The standard InChI is InChI=1S/C9H19NO7S2/c1-18(11,12)17-9-8-10(5-6-16-9)4-2-3-7-19(13,14)15/h9H,2-8H2,1H3,(H,13,14,15). The lowest BCUT2D eigenvalue weighted by atomic mass is 10.3. The fourth-order valence-corrected chi connectivity index (χ4v) is 2.82. The van der Waals surface area contributed by atoms with Crippen LogP contribution < -0.4 is 0 Å². The predicted octanol–water partition coefficient (Wildman–Crippen LogP) is -0.711. The van der Waals surface area contributed by atoms with Crippen molar-refractivity contribution in [2.45, 2.75) is 19.1 Å². The zero-order valence-electron chi connectivity index (χ0n) is 10.7. The first-order chi connectivity index (χ1) is 8.66. The van der Waals surface area contributed by atoms with Crippen LogP contribution in [0, 0.1) is 0 Å². The van der Waals surface area contributed by atoms with Gasteiger partial charge in [-0.1, -0.05) is 0 Å². The summed E-state index contributed by atoms with van der Waals surface area (Å²) in [5.41, 5.74) is 0. The van der Waals surface area contributed by atoms with Crippen LogP contribution in [-0.2, 0) is 29.2 Å². The number of hydrogen-bond donors (Lipinski definition) is 1. The van der Waals surface area contributed by atoms with Crippen LogP contribution in [0.5, 0.6) is 0 Å². The highest BCUT2D eigenvalue weighted by molar-refractivity contribution is 7.86. The van der Waals surface area contributed by atoms with Gasteiger partial charge in [0, 0.05) is 6.54 Å². The monoisotopic (exact) mass is 317 g/mol. The minimum Gasteiger partial charge on any atom is -0.349 e. The van der Waals surface area contributed by atoms with E-state index in [1.165, 1.54) is 0 Å². The first-order valence-electron chi connectivity index (χ1n) is 5.83. The molecule has 1 saturated heterocycles. The maximum absolute atomic E-state index is 11.0. The summed E-state index contributed by atoms with van der Waals surface area (Å²) in [6.07, 6.45) is 1.09. The quantitative estimate of drug-likeness (QED) is 0.372. The Hall–Kier alpha value is -0.260. The average Bonchev–Trinajstić information content (AvgIpc) is 2.21. The molecule has 0 aromatic rings. The smallest absolute Gasteiger partial charge is 0.266 e. The van der Waals surface area contributed by atoms with E-state index in [1.54, 1.807) is 0 Å². The molecule has 1 N–H and O–H groups in total. The van der Waals surface area contributed by atoms with Crippen molar-refractivity contribution in [3.63, 3.8) is 0 Å². The molecule has 1 aliphatic rings. The Morgan fingerprint density at radius 3 is 2.58 bits per heavy atom. The van der Waals surface area contributed by atoms with Gasteiger partial charge < -0.3 is 4.74 Å². The second kappa shape index (κ2) is 6.95. The van der Waals surface area contributed by atoms with Crippen LogP contribution in [0.2, 0.25) is 0 Å². The van der Waals surface area contributed by atoms with E-state index in [9.17, 15) is 16.8 Å². The average molecular weight is 317 g/mol. The number of rotatable bonds is 7. The summed E-state index contributed by atoms with van der Waals surface area (Å²) >= 11 is 0. The second-order valence-electron chi connectivity index (χ2n) is 4.39. The third-order valence-electron chi connectivity index (χ3n) is 2.53. The first-order valence-corrected chi connectivity index (χ1v) is 9.26. The van der Waals surface area contributed by atoms with E-state index in [2.05, 4.69) is 0 Å². The van der Waals surface area contributed by atoms with Gasteiger partial charge in [0.05, 0.1) is 25.2 Å². The summed E-state index contributed by atoms with van der Waals surface area (Å²) in [5.74, 6) is -0.263. The van der Waals surface area contributed by atoms with Crippen molar-refractivity contribution in [1.29, 1.82) is 0 Å². The van der Waals surface area contributed by atoms with Crippen LogP contribution in [0.4, 0.5) is 0 Å². The Morgan fingerprint density at radius 2 is 2.00 bits per heavy atom. The van der Waals surface area contributed by atoms with Crippen molar-refractivity contribution < 1.29 is 30.3 Å². The summed E-state index contributed by atoms with van der Waals surface area (Å²) in [7, 11) is -7.46. The molecule has 1 heterocycles. The molecule has 10 heteroatoms. The molecule has 0 aromatic carbocycles. The van der Waals surface area contributed by atoms with Crippen molar-refractivity contribution in [3.05, 3.63) is 0 Å². The van der Waals surface area contributed by atoms with Crippen molar-refractivity contribution in [3.8, 4) is 0 Å². The van der Waals surface area contributed by atoms with Gasteiger partial charge in [0.25, 0.3) is 20.2 Å². The number of nitrogens with zero attached hydrogens (tertiary/aromatic N) is 1. The molecule has 0 aromatic heterocycles. The number of hydrogen-bond acceptors (Lipinski definition) is 7. The Balaban J connectivity index is 2.27. The fraction of sp³-hybridized carbons (Fsp3) is 1.00. The maximum atomic E-state index is 11.0. The lowest BCUT2D eigenvalue weighted by molar-refractivity contribution is -0.127. The van der Waals surface area contributed by atoms with Crippen LogP contribution in [0.3, 0.4) is 0 Å². The van der Waals surface area contributed by atoms with Gasteiger partial charge in [0.2, 0.25) is 0 Å². The molecule has 19 heavy (non-hydrogen) atoms. The SMILES string of the molecule is CS(=O)(=O)OC1CN(CCCCS(=O)(=O)O)CCO1. The van der Waals surface area contributed by atoms with Crippen LogP contribution >= 0.6 is 0 Å². The van der Waals surface area contributed by atoms with Gasteiger partial charge in [-0.3, -0.25) is 9.45 Å². The number of unbranched alkanes of at least 4 members (excludes halogenated alkanes) is 1. The van der Waals surface area contributed by atoms with E-state index in [-0.39, 0.29) is 5.75 Å². The molecule has 0 aliphatic carbocycles. The van der Waals surface area contributed by atoms with Crippen LogP contribution in [0.25, 0.3) is 0 Å². The summed E-state index contributed by atoms with van der Waals surface area (Å²) in [6, 6.07) is 0. The molecule has 0 spiro atoms. The molecule has 114 valence electrons. The summed E-state index contributed by atoms with van der Waals surface area (Å²) in [6.45, 7) is 1.91. The van der Waals surface area contributed by atoms with E-state index in [0.29, 0.717) is 39.1 Å². The third kappa shape index (κ3) is 8.50. The third-order valence-corrected chi connectivity index (χ3v) is 3.90. The molecule has 8 nitrogen and oxygen atoms in total. The molecule has 1 atom stereocenters. The van der Waals surface area contributed by atoms with Crippen molar-refractivity contribution in [2.24, 2.45) is 0 Å². The summed E-state index contributed by atoms with van der Waals surface area (Å²) < 4.78 is 61.5. The summed E-state index contributed by atoms with van der Waals surface area (Å²) in [5, 5.41) is 0. The molecule has 1 rings (SSSR count). The van der Waals surface area contributed by atoms with Gasteiger partial charge in [-0.15, -0.1) is 0 Å². The van der Waals surface area contributed by atoms with E-state index in [0.717, 1.165) is 6.26 Å². The highest BCUT2D eigenvalue weighted by atomic mass is 32.2. The second-order valence-corrected chi connectivity index (χ2v) is 7.57. The minimum absolute atomic E-state index is 0.263. The molecule has 0 saturated carbocycles. The Labute approximate surface area is 113 Å². The van der Waals surface area contributed by atoms with Gasteiger partial charge in [-0.05, 0) is 19.4 Å². The predicted molar refractivity (Wildman–Crippen MR) is 67.8 cm³/mol. The van der Waals surface area contributed by atoms with Crippen LogP contribution in [0.1, 0.15) is 12.8 Å². The Bertz CT molecular complexity index is 473. The normalized spacial score (nSPS) is 22.5. The van der Waals surface area contributed by atoms with Crippen LogP contribution in [0.15, 0.2) is 0 Å². The molecule has 1 fully saturated rings. The molecule has 1 aliphatic heterocycles. The fourth-order valence-electron chi connectivity index (χ4n) is 1.74. The molecular formula is C9H19NO7S2. The van der Waals surface area contributed by atoms with E-state index in [1.807, 2.05) is 4.90 Å². The van der Waals surface area contributed by atoms with Gasteiger partial charge in [-0.2, -0.15) is 16.8 Å². The minimum atomic E-state index is -3.91. The van der Waals surface area contributed by atoms with Crippen molar-refractivity contribution >= 4 is 20.2 Å². The summed E-state index contributed by atoms with van der Waals surface area (Å²) in [4.78, 5) is 1.93. The molecule has 0 amide bonds. The molecule has 0 bridgehead atoms. The largest absolute Gasteiger partial charge is 0.349 e. The number of morpholine rings is 1. The van der Waals surface area contributed by atoms with E-state index < -0.39 is 26.5 Å². The topological polar surface area (TPSA) is 110 Å². The molecule has 0 radical (unpaired) electrons. The van der Waals surface area contributed by atoms with Crippen molar-refractivity contribution in [1.82, 2.24) is 4.90 Å². The highest BCUT2D eigenvalue weighted by Crippen LogP contribution is 2.10. The highest BCUT2D eigenvalue weighted by Gasteiger charge is 2.24. The van der Waals surface area contributed by atoms with Gasteiger partial charge in [0.15, 0.2) is 6.29 Å². The molecule has 1 unspecified atom stereocenters. The Morgan fingerprint density at radius 1 is 1.32 bits per heavy atom. The first kappa shape index (κ1) is 16.8. The van der Waals surface area contributed by atoms with Crippen molar-refractivity contribution in [2.75, 3.05) is 38.2 Å². The van der Waals surface area contributed by atoms with E-state index >= 15 is 0 Å². The van der Waals surface area contributed by atoms with Gasteiger partial charge in [0.1, 0.15) is 0 Å². The lowest BCUT2D eigenvalue weighted by Gasteiger charge is -2.31. The lowest BCUT2D eigenvalue weighted by Crippen LogP contribution is -2.44. The maximum Gasteiger partial charge on any atom is 0.266 e. The van der Waals surface area contributed by atoms with Crippen LogP contribution in [-0.4, -0.2) is 70.8 Å². The van der Waals surface area contributed by atoms with Gasteiger partial charge >= 0.3 is 0 Å². The zero-order chi connectivity index (χ0) is 14.5. The zero-order valence-corrected chi connectivity index (χ0v) is 12.3. The van der Waals surface area contributed by atoms with E-state index in [4.69, 9.17) is 13.5 Å². The molecular weight excluding hydrogens is 298 g/mol. The Kier molecular flexibility index (Phi) is 6.15.